The lowest BCUT2D eigenvalue weighted by Crippen LogP contribution is -2.28. The molecule has 2 heterocycles. The minimum absolute atomic E-state index is 0.000840. The molecule has 0 atom stereocenters. The summed E-state index contributed by atoms with van der Waals surface area (Å²) in [6.07, 6.45) is 1.46. The normalized spacial score (nSPS) is 14.8. The van der Waals surface area contributed by atoms with Crippen LogP contribution in [0.15, 0.2) is 36.4 Å². The standard InChI is InChI=1S/C18H20N4O3/c1-12(23)14-3-2-4-15(11-14)19-16-5-6-17(22-21-16)20-18(24)13-7-9-25-10-8-13/h2-6,11,13H,7-10H2,1H3,(H,19,21)(H,20,22,24). The Morgan fingerprint density at radius 3 is 2.48 bits per heavy atom. The third kappa shape index (κ3) is 4.60. The summed E-state index contributed by atoms with van der Waals surface area (Å²) < 4.78 is 5.26. The molecule has 1 aromatic carbocycles. The molecular formula is C18H20N4O3. The number of anilines is 3. The van der Waals surface area contributed by atoms with Crippen molar-refractivity contribution in [3.05, 3.63) is 42.0 Å². The Morgan fingerprint density at radius 2 is 1.80 bits per heavy atom. The fourth-order valence-corrected chi connectivity index (χ4v) is 2.62. The largest absolute Gasteiger partial charge is 0.381 e. The fourth-order valence-electron chi connectivity index (χ4n) is 2.62. The molecule has 1 aliphatic heterocycles. The number of ether oxygens (including phenoxy) is 1. The molecular weight excluding hydrogens is 320 g/mol. The number of Topliss-reactive ketones (excluding diaryl/α,β-unsaturated/α-hetero) is 1. The number of benzene rings is 1. The highest BCUT2D eigenvalue weighted by molar-refractivity contribution is 5.95. The van der Waals surface area contributed by atoms with E-state index in [4.69, 9.17) is 4.74 Å². The molecule has 0 spiro atoms. The molecule has 1 aromatic heterocycles. The first-order valence-corrected chi connectivity index (χ1v) is 8.22. The van der Waals surface area contributed by atoms with Crippen molar-refractivity contribution >= 4 is 29.0 Å². The number of carbonyl (C=O) groups excluding carboxylic acids is 2. The van der Waals surface area contributed by atoms with Crippen LogP contribution in [0.3, 0.4) is 0 Å². The van der Waals surface area contributed by atoms with Gasteiger partial charge in [0.15, 0.2) is 17.4 Å². The highest BCUT2D eigenvalue weighted by Crippen LogP contribution is 2.19. The zero-order valence-corrected chi connectivity index (χ0v) is 14.0. The van der Waals surface area contributed by atoms with Gasteiger partial charge in [-0.3, -0.25) is 9.59 Å². The quantitative estimate of drug-likeness (QED) is 0.813. The van der Waals surface area contributed by atoms with E-state index in [9.17, 15) is 9.59 Å². The zero-order chi connectivity index (χ0) is 17.6. The second kappa shape index (κ2) is 7.85. The molecule has 1 aliphatic rings. The van der Waals surface area contributed by atoms with Crippen molar-refractivity contribution in [2.75, 3.05) is 23.8 Å². The molecule has 130 valence electrons. The predicted octanol–water partition coefficient (Wildman–Crippen LogP) is 2.79. The lowest BCUT2D eigenvalue weighted by molar-refractivity contribution is -0.122. The summed E-state index contributed by atoms with van der Waals surface area (Å²) >= 11 is 0. The zero-order valence-electron chi connectivity index (χ0n) is 14.0. The minimum Gasteiger partial charge on any atom is -0.381 e. The van der Waals surface area contributed by atoms with E-state index in [1.54, 1.807) is 30.3 Å². The summed E-state index contributed by atoms with van der Waals surface area (Å²) in [5.74, 6) is 0.861. The average Bonchev–Trinajstić information content (AvgIpc) is 2.64. The van der Waals surface area contributed by atoms with Crippen LogP contribution in [-0.2, 0) is 9.53 Å². The molecule has 1 amide bonds. The monoisotopic (exact) mass is 340 g/mol. The number of nitrogens with one attached hydrogen (secondary N) is 2. The van der Waals surface area contributed by atoms with E-state index < -0.39 is 0 Å². The summed E-state index contributed by atoms with van der Waals surface area (Å²) in [6.45, 7) is 2.76. The van der Waals surface area contributed by atoms with Crippen LogP contribution in [-0.4, -0.2) is 35.1 Å². The van der Waals surface area contributed by atoms with Gasteiger partial charge in [0.25, 0.3) is 0 Å². The van der Waals surface area contributed by atoms with Crippen LogP contribution >= 0.6 is 0 Å². The first-order chi connectivity index (χ1) is 12.1. The van der Waals surface area contributed by atoms with Crippen LogP contribution in [0.5, 0.6) is 0 Å². The van der Waals surface area contributed by atoms with Crippen molar-refractivity contribution in [1.82, 2.24) is 10.2 Å². The van der Waals surface area contributed by atoms with E-state index in [0.29, 0.717) is 30.4 Å². The summed E-state index contributed by atoms with van der Waals surface area (Å²) in [5.41, 5.74) is 1.37. The second-order valence-electron chi connectivity index (χ2n) is 5.94. The van der Waals surface area contributed by atoms with Gasteiger partial charge in [-0.05, 0) is 44.0 Å². The molecule has 0 saturated carbocycles. The van der Waals surface area contributed by atoms with Crippen molar-refractivity contribution in [2.45, 2.75) is 19.8 Å². The van der Waals surface area contributed by atoms with Gasteiger partial charge in [-0.2, -0.15) is 0 Å². The van der Waals surface area contributed by atoms with Crippen molar-refractivity contribution in [3.8, 4) is 0 Å². The highest BCUT2D eigenvalue weighted by Gasteiger charge is 2.21. The smallest absolute Gasteiger partial charge is 0.228 e. The van der Waals surface area contributed by atoms with Gasteiger partial charge in [-0.1, -0.05) is 12.1 Å². The van der Waals surface area contributed by atoms with E-state index in [0.717, 1.165) is 18.5 Å². The number of rotatable bonds is 5. The van der Waals surface area contributed by atoms with Crippen molar-refractivity contribution < 1.29 is 14.3 Å². The SMILES string of the molecule is CC(=O)c1cccc(Nc2ccc(NC(=O)C3CCOCC3)nn2)c1. The third-order valence-electron chi connectivity index (χ3n) is 4.05. The van der Waals surface area contributed by atoms with Crippen LogP contribution in [0.1, 0.15) is 30.1 Å². The van der Waals surface area contributed by atoms with Gasteiger partial charge in [0, 0.05) is 30.4 Å². The Hall–Kier alpha value is -2.80. The summed E-state index contributed by atoms with van der Waals surface area (Å²) in [7, 11) is 0. The van der Waals surface area contributed by atoms with Crippen molar-refractivity contribution in [2.24, 2.45) is 5.92 Å². The number of nitrogens with zero attached hydrogens (tertiary/aromatic N) is 2. The third-order valence-corrected chi connectivity index (χ3v) is 4.05. The van der Waals surface area contributed by atoms with Gasteiger partial charge in [0.1, 0.15) is 0 Å². The van der Waals surface area contributed by atoms with Gasteiger partial charge < -0.3 is 15.4 Å². The molecule has 3 rings (SSSR count). The van der Waals surface area contributed by atoms with E-state index in [1.807, 2.05) is 6.07 Å². The number of ketones is 1. The van der Waals surface area contributed by atoms with Gasteiger partial charge in [0.05, 0.1) is 0 Å². The average molecular weight is 340 g/mol. The number of hydrogen-bond acceptors (Lipinski definition) is 6. The number of amides is 1. The molecule has 1 fully saturated rings. The molecule has 0 unspecified atom stereocenters. The maximum Gasteiger partial charge on any atom is 0.228 e. The minimum atomic E-state index is -0.0486. The predicted molar refractivity (Wildman–Crippen MR) is 93.9 cm³/mol. The van der Waals surface area contributed by atoms with Gasteiger partial charge >= 0.3 is 0 Å². The molecule has 7 heteroatoms. The topological polar surface area (TPSA) is 93.2 Å². The Kier molecular flexibility index (Phi) is 5.35. The van der Waals surface area contributed by atoms with E-state index in [-0.39, 0.29) is 17.6 Å². The van der Waals surface area contributed by atoms with Gasteiger partial charge in [-0.25, -0.2) is 0 Å². The Morgan fingerprint density at radius 1 is 1.08 bits per heavy atom. The van der Waals surface area contributed by atoms with Crippen LogP contribution in [0.25, 0.3) is 0 Å². The van der Waals surface area contributed by atoms with Crippen LogP contribution in [0.2, 0.25) is 0 Å². The Bertz CT molecular complexity index is 755. The summed E-state index contributed by atoms with van der Waals surface area (Å²) in [5, 5.41) is 14.0. The number of hydrogen-bond donors (Lipinski definition) is 2. The lowest BCUT2D eigenvalue weighted by atomic mass is 9.99. The lowest BCUT2D eigenvalue weighted by Gasteiger charge is -2.20. The number of aromatic nitrogens is 2. The molecule has 0 aliphatic carbocycles. The molecule has 2 aromatic rings. The highest BCUT2D eigenvalue weighted by atomic mass is 16.5. The second-order valence-corrected chi connectivity index (χ2v) is 5.94. The first kappa shape index (κ1) is 17.0. The Balaban J connectivity index is 1.61. The van der Waals surface area contributed by atoms with E-state index >= 15 is 0 Å². The molecule has 2 N–H and O–H groups in total. The van der Waals surface area contributed by atoms with Crippen LogP contribution in [0.4, 0.5) is 17.3 Å². The molecule has 7 nitrogen and oxygen atoms in total. The van der Waals surface area contributed by atoms with Gasteiger partial charge in [-0.15, -0.1) is 10.2 Å². The van der Waals surface area contributed by atoms with Gasteiger partial charge in [0.2, 0.25) is 5.91 Å². The maximum absolute atomic E-state index is 12.2. The van der Waals surface area contributed by atoms with Crippen molar-refractivity contribution in [1.29, 1.82) is 0 Å². The van der Waals surface area contributed by atoms with E-state index in [2.05, 4.69) is 20.8 Å². The maximum atomic E-state index is 12.2. The van der Waals surface area contributed by atoms with Crippen molar-refractivity contribution in [3.63, 3.8) is 0 Å². The molecule has 0 bridgehead atoms. The molecule has 25 heavy (non-hydrogen) atoms. The summed E-state index contributed by atoms with van der Waals surface area (Å²) in [6, 6.07) is 10.6. The number of carbonyl (C=O) groups is 2. The van der Waals surface area contributed by atoms with Crippen LogP contribution < -0.4 is 10.6 Å². The fraction of sp³-hybridized carbons (Fsp3) is 0.333. The van der Waals surface area contributed by atoms with Crippen LogP contribution in [0, 0.1) is 5.92 Å². The summed E-state index contributed by atoms with van der Waals surface area (Å²) in [4.78, 5) is 23.6. The molecule has 0 radical (unpaired) electrons. The first-order valence-electron chi connectivity index (χ1n) is 8.22. The van der Waals surface area contributed by atoms with E-state index in [1.165, 1.54) is 6.92 Å². The molecule has 1 saturated heterocycles. The Labute approximate surface area is 145 Å².